The lowest BCUT2D eigenvalue weighted by atomic mass is 10.1. The predicted octanol–water partition coefficient (Wildman–Crippen LogP) is 2.85. The molecule has 0 aliphatic rings. The first-order chi connectivity index (χ1) is 8.17. The van der Waals surface area contributed by atoms with Gasteiger partial charge < -0.3 is 9.64 Å². The number of hydrogen-bond donors (Lipinski definition) is 0. The first-order valence-electron chi connectivity index (χ1n) is 5.55. The van der Waals surface area contributed by atoms with Crippen LogP contribution in [0.25, 0.3) is 0 Å². The van der Waals surface area contributed by atoms with E-state index in [-0.39, 0.29) is 0 Å². The van der Waals surface area contributed by atoms with Crippen molar-refractivity contribution in [3.05, 3.63) is 28.2 Å². The van der Waals surface area contributed by atoms with Gasteiger partial charge in [0.15, 0.2) is 0 Å². The van der Waals surface area contributed by atoms with E-state index in [4.69, 9.17) is 10.00 Å². The van der Waals surface area contributed by atoms with E-state index in [1.54, 1.807) is 7.11 Å². The van der Waals surface area contributed by atoms with E-state index in [1.165, 1.54) is 5.56 Å². The van der Waals surface area contributed by atoms with Gasteiger partial charge in [-0.3, -0.25) is 0 Å². The molecule has 0 atom stereocenters. The molecule has 0 aromatic heterocycles. The molecule has 0 aliphatic carbocycles. The van der Waals surface area contributed by atoms with Gasteiger partial charge in [0.2, 0.25) is 0 Å². The second kappa shape index (κ2) is 7.31. The zero-order valence-corrected chi connectivity index (χ0v) is 11.8. The predicted molar refractivity (Wildman–Crippen MR) is 72.1 cm³/mol. The summed E-state index contributed by atoms with van der Waals surface area (Å²) in [5.41, 5.74) is 1.19. The molecule has 0 radical (unpaired) electrons. The van der Waals surface area contributed by atoms with Crippen LogP contribution in [0, 0.1) is 11.3 Å². The third-order valence-electron chi connectivity index (χ3n) is 2.61. The van der Waals surface area contributed by atoms with Gasteiger partial charge in [0.05, 0.1) is 13.2 Å². The number of halogens is 1. The molecule has 0 spiro atoms. The van der Waals surface area contributed by atoms with E-state index < -0.39 is 0 Å². The third-order valence-corrected chi connectivity index (χ3v) is 3.10. The monoisotopic (exact) mass is 296 g/mol. The number of benzene rings is 1. The molecule has 0 aliphatic heterocycles. The van der Waals surface area contributed by atoms with E-state index in [2.05, 4.69) is 33.0 Å². The normalized spacial score (nSPS) is 10.3. The van der Waals surface area contributed by atoms with Gasteiger partial charge in [-0.2, -0.15) is 5.26 Å². The molecule has 0 saturated carbocycles. The van der Waals surface area contributed by atoms with Gasteiger partial charge in [0, 0.05) is 24.0 Å². The number of rotatable bonds is 6. The molecule has 0 heterocycles. The highest BCUT2D eigenvalue weighted by Crippen LogP contribution is 2.23. The molecule has 1 aromatic rings. The zero-order chi connectivity index (χ0) is 12.7. The Balaban J connectivity index is 2.56. The zero-order valence-electron chi connectivity index (χ0n) is 10.2. The van der Waals surface area contributed by atoms with Crippen LogP contribution in [0.2, 0.25) is 0 Å². The van der Waals surface area contributed by atoms with Gasteiger partial charge in [-0.05, 0) is 37.2 Å². The number of hydrogen-bond acceptors (Lipinski definition) is 3. The van der Waals surface area contributed by atoms with Crippen molar-refractivity contribution in [2.24, 2.45) is 0 Å². The van der Waals surface area contributed by atoms with Crippen molar-refractivity contribution in [3.63, 3.8) is 0 Å². The summed E-state index contributed by atoms with van der Waals surface area (Å²) in [6.45, 7) is 1.74. The smallest absolute Gasteiger partial charge is 0.122 e. The number of nitrogens with zero attached hydrogens (tertiary/aromatic N) is 2. The number of nitriles is 1. The second-order valence-electron chi connectivity index (χ2n) is 3.92. The van der Waals surface area contributed by atoms with Gasteiger partial charge in [0.1, 0.15) is 5.75 Å². The quantitative estimate of drug-likeness (QED) is 0.810. The Morgan fingerprint density at radius 2 is 2.18 bits per heavy atom. The lowest BCUT2D eigenvalue weighted by Crippen LogP contribution is -2.22. The first-order valence-corrected chi connectivity index (χ1v) is 6.34. The largest absolute Gasteiger partial charge is 0.496 e. The summed E-state index contributed by atoms with van der Waals surface area (Å²) in [5, 5.41) is 8.52. The van der Waals surface area contributed by atoms with E-state index in [0.717, 1.165) is 29.7 Å². The Labute approximate surface area is 111 Å². The molecule has 0 bridgehead atoms. The van der Waals surface area contributed by atoms with Crippen molar-refractivity contribution >= 4 is 15.9 Å². The third kappa shape index (κ3) is 4.76. The summed E-state index contributed by atoms with van der Waals surface area (Å²) < 4.78 is 6.39. The van der Waals surface area contributed by atoms with Crippen LogP contribution >= 0.6 is 15.9 Å². The van der Waals surface area contributed by atoms with Crippen molar-refractivity contribution < 1.29 is 4.74 Å². The van der Waals surface area contributed by atoms with Gasteiger partial charge in [-0.25, -0.2) is 0 Å². The molecule has 0 saturated heterocycles. The highest BCUT2D eigenvalue weighted by molar-refractivity contribution is 9.10. The van der Waals surface area contributed by atoms with Crippen LogP contribution in [0.1, 0.15) is 12.0 Å². The molecule has 0 unspecified atom stereocenters. The van der Waals surface area contributed by atoms with Crippen molar-refractivity contribution in [2.75, 3.05) is 27.2 Å². The highest BCUT2D eigenvalue weighted by Gasteiger charge is 2.05. The van der Waals surface area contributed by atoms with E-state index in [1.807, 2.05) is 19.2 Å². The van der Waals surface area contributed by atoms with Crippen LogP contribution in [0.5, 0.6) is 5.75 Å². The van der Waals surface area contributed by atoms with Gasteiger partial charge >= 0.3 is 0 Å². The van der Waals surface area contributed by atoms with Crippen molar-refractivity contribution in [3.8, 4) is 11.8 Å². The maximum Gasteiger partial charge on any atom is 0.122 e. The summed E-state index contributed by atoms with van der Waals surface area (Å²) in [6, 6.07) is 8.18. The minimum Gasteiger partial charge on any atom is -0.496 e. The Kier molecular flexibility index (Phi) is 6.03. The maximum atomic E-state index is 8.52. The van der Waals surface area contributed by atoms with Crippen LogP contribution in [0.4, 0.5) is 0 Å². The Morgan fingerprint density at radius 3 is 2.82 bits per heavy atom. The fourth-order valence-electron chi connectivity index (χ4n) is 1.61. The van der Waals surface area contributed by atoms with E-state index in [0.29, 0.717) is 6.42 Å². The van der Waals surface area contributed by atoms with Gasteiger partial charge in [-0.1, -0.05) is 15.9 Å². The van der Waals surface area contributed by atoms with Crippen LogP contribution in [0.15, 0.2) is 22.7 Å². The lowest BCUT2D eigenvalue weighted by Gasteiger charge is -2.16. The average Bonchev–Trinajstić information content (AvgIpc) is 2.34. The van der Waals surface area contributed by atoms with Crippen LogP contribution in [0.3, 0.4) is 0 Å². The molecule has 3 nitrogen and oxygen atoms in total. The Bertz CT molecular complexity index is 401. The Morgan fingerprint density at radius 1 is 1.41 bits per heavy atom. The van der Waals surface area contributed by atoms with Crippen LogP contribution < -0.4 is 4.74 Å². The molecular formula is C13H17BrN2O. The van der Waals surface area contributed by atoms with Crippen LogP contribution in [-0.2, 0) is 6.42 Å². The molecule has 17 heavy (non-hydrogen) atoms. The first kappa shape index (κ1) is 14.0. The van der Waals surface area contributed by atoms with Crippen molar-refractivity contribution in [1.29, 1.82) is 5.26 Å². The topological polar surface area (TPSA) is 36.3 Å². The number of ether oxygens (including phenoxy) is 1. The molecule has 0 fully saturated rings. The molecule has 1 aromatic carbocycles. The van der Waals surface area contributed by atoms with Gasteiger partial charge in [-0.15, -0.1) is 0 Å². The summed E-state index contributed by atoms with van der Waals surface area (Å²) in [5.74, 6) is 0.918. The van der Waals surface area contributed by atoms with E-state index >= 15 is 0 Å². The fourth-order valence-corrected chi connectivity index (χ4v) is 2.01. The van der Waals surface area contributed by atoms with E-state index in [9.17, 15) is 0 Å². The van der Waals surface area contributed by atoms with Gasteiger partial charge in [0.25, 0.3) is 0 Å². The lowest BCUT2D eigenvalue weighted by molar-refractivity contribution is 0.342. The Hall–Kier alpha value is -1.05. The van der Waals surface area contributed by atoms with Crippen molar-refractivity contribution in [1.82, 2.24) is 4.90 Å². The summed E-state index contributed by atoms with van der Waals surface area (Å²) in [7, 11) is 3.72. The number of likely N-dealkylation sites (N-methyl/N-ethyl adjacent to an activating group) is 1. The summed E-state index contributed by atoms with van der Waals surface area (Å²) >= 11 is 3.46. The minimum atomic E-state index is 0.576. The average molecular weight is 297 g/mol. The summed E-state index contributed by atoms with van der Waals surface area (Å²) in [4.78, 5) is 2.16. The molecule has 0 N–H and O–H groups in total. The molecule has 1 rings (SSSR count). The molecular weight excluding hydrogens is 280 g/mol. The second-order valence-corrected chi connectivity index (χ2v) is 4.83. The SMILES string of the molecule is COc1ccc(Br)cc1CCN(C)CCC#N. The molecule has 4 heteroatoms. The molecule has 92 valence electrons. The van der Waals surface area contributed by atoms with Crippen LogP contribution in [-0.4, -0.2) is 32.1 Å². The summed E-state index contributed by atoms with van der Waals surface area (Å²) in [6.07, 6.45) is 1.50. The van der Waals surface area contributed by atoms with Crippen molar-refractivity contribution in [2.45, 2.75) is 12.8 Å². The minimum absolute atomic E-state index is 0.576. The fraction of sp³-hybridized carbons (Fsp3) is 0.462. The molecule has 0 amide bonds. The number of methoxy groups -OCH3 is 1. The standard InChI is InChI=1S/C13H17BrN2O/c1-16(8-3-7-15)9-6-11-10-12(14)4-5-13(11)17-2/h4-5,10H,3,6,8-9H2,1-2H3. The maximum absolute atomic E-state index is 8.52. The highest BCUT2D eigenvalue weighted by atomic mass is 79.9.